The first kappa shape index (κ1) is 12.0. The average Bonchev–Trinajstić information content (AvgIpc) is 2.76. The van der Waals surface area contributed by atoms with Gasteiger partial charge in [-0.1, -0.05) is 0 Å². The van der Waals surface area contributed by atoms with Crippen molar-refractivity contribution in [3.8, 4) is 0 Å². The van der Waals surface area contributed by atoms with Crippen LogP contribution < -0.4 is 11.1 Å². The largest absolute Gasteiger partial charge is 0.382 e. The Labute approximate surface area is 103 Å². The van der Waals surface area contributed by atoms with E-state index in [-0.39, 0.29) is 17.4 Å². The first-order valence-corrected chi connectivity index (χ1v) is 5.37. The molecule has 0 unspecified atom stereocenters. The lowest BCUT2D eigenvalue weighted by Gasteiger charge is -2.03. The van der Waals surface area contributed by atoms with Gasteiger partial charge in [0.2, 0.25) is 0 Å². The number of nitrogens with two attached hydrogens (primary N) is 1. The molecule has 8 nitrogen and oxygen atoms in total. The molecule has 2 aromatic rings. The van der Waals surface area contributed by atoms with Gasteiger partial charge in [-0.3, -0.25) is 4.79 Å². The second-order valence-corrected chi connectivity index (χ2v) is 3.71. The van der Waals surface area contributed by atoms with Gasteiger partial charge >= 0.3 is 0 Å². The molecule has 94 valence electrons. The van der Waals surface area contributed by atoms with Gasteiger partial charge in [0.05, 0.1) is 0 Å². The van der Waals surface area contributed by atoms with E-state index in [9.17, 15) is 4.79 Å². The van der Waals surface area contributed by atoms with E-state index >= 15 is 0 Å². The summed E-state index contributed by atoms with van der Waals surface area (Å²) in [5, 5.41) is 17.7. The molecular formula is C10H13N7O. The van der Waals surface area contributed by atoms with Gasteiger partial charge in [0.1, 0.15) is 18.0 Å². The maximum Gasteiger partial charge on any atom is 0.271 e. The van der Waals surface area contributed by atoms with Gasteiger partial charge < -0.3 is 15.6 Å². The van der Waals surface area contributed by atoms with Crippen LogP contribution in [0.3, 0.4) is 0 Å². The van der Waals surface area contributed by atoms with Crippen LogP contribution in [-0.4, -0.2) is 37.4 Å². The van der Waals surface area contributed by atoms with Crippen LogP contribution in [0.1, 0.15) is 16.3 Å². The number of nitrogens with zero attached hydrogens (tertiary/aromatic N) is 5. The molecule has 0 aromatic carbocycles. The Morgan fingerprint density at radius 2 is 2.22 bits per heavy atom. The van der Waals surface area contributed by atoms with E-state index < -0.39 is 0 Å². The van der Waals surface area contributed by atoms with E-state index in [0.717, 1.165) is 5.82 Å². The van der Waals surface area contributed by atoms with E-state index in [1.165, 1.54) is 12.1 Å². The normalized spacial score (nSPS) is 10.3. The molecule has 1 amide bonds. The Morgan fingerprint density at radius 3 is 2.83 bits per heavy atom. The number of carbonyl (C=O) groups is 1. The maximum atomic E-state index is 11.7. The number of anilines is 1. The number of aryl methyl sites for hydroxylation is 1. The standard InChI is InChI=1S/C10H13N7O/c1-17-6-13-16-9(17)4-5-12-10(18)7-2-3-8(11)15-14-7/h2-3,6H,4-5H2,1H3,(H2,11,15)(H,12,18). The van der Waals surface area contributed by atoms with Gasteiger partial charge in [-0.25, -0.2) is 0 Å². The topological polar surface area (TPSA) is 112 Å². The van der Waals surface area contributed by atoms with Crippen LogP contribution in [0.5, 0.6) is 0 Å². The summed E-state index contributed by atoms with van der Waals surface area (Å²) in [6.45, 7) is 0.456. The molecule has 2 aromatic heterocycles. The molecule has 18 heavy (non-hydrogen) atoms. The minimum atomic E-state index is -0.287. The van der Waals surface area contributed by atoms with Crippen LogP contribution in [0, 0.1) is 0 Å². The molecule has 8 heteroatoms. The van der Waals surface area contributed by atoms with Gasteiger partial charge in [-0.15, -0.1) is 20.4 Å². The van der Waals surface area contributed by atoms with Crippen molar-refractivity contribution in [1.82, 2.24) is 30.3 Å². The summed E-state index contributed by atoms with van der Waals surface area (Å²) >= 11 is 0. The summed E-state index contributed by atoms with van der Waals surface area (Å²) < 4.78 is 1.80. The Morgan fingerprint density at radius 1 is 1.39 bits per heavy atom. The molecule has 0 aliphatic rings. The van der Waals surface area contributed by atoms with Gasteiger partial charge in [0.15, 0.2) is 5.69 Å². The van der Waals surface area contributed by atoms with E-state index in [2.05, 4.69) is 25.7 Å². The fourth-order valence-electron chi connectivity index (χ4n) is 1.38. The molecule has 2 heterocycles. The van der Waals surface area contributed by atoms with Crippen molar-refractivity contribution in [2.24, 2.45) is 7.05 Å². The van der Waals surface area contributed by atoms with Crippen molar-refractivity contribution < 1.29 is 4.79 Å². The molecule has 3 N–H and O–H groups in total. The third kappa shape index (κ3) is 2.78. The van der Waals surface area contributed by atoms with Crippen molar-refractivity contribution in [2.45, 2.75) is 6.42 Å². The Hall–Kier alpha value is -2.51. The van der Waals surface area contributed by atoms with Crippen LogP contribution in [0.4, 0.5) is 5.82 Å². The molecular weight excluding hydrogens is 234 g/mol. The number of nitrogens with one attached hydrogen (secondary N) is 1. The quantitative estimate of drug-likeness (QED) is 0.728. The lowest BCUT2D eigenvalue weighted by atomic mass is 10.3. The highest BCUT2D eigenvalue weighted by Gasteiger charge is 2.07. The minimum Gasteiger partial charge on any atom is -0.382 e. The van der Waals surface area contributed by atoms with Gasteiger partial charge in [-0.05, 0) is 12.1 Å². The van der Waals surface area contributed by atoms with Gasteiger partial charge in [-0.2, -0.15) is 0 Å². The highest BCUT2D eigenvalue weighted by molar-refractivity contribution is 5.92. The molecule has 0 saturated heterocycles. The summed E-state index contributed by atoms with van der Waals surface area (Å²) in [6, 6.07) is 3.06. The van der Waals surface area contributed by atoms with Crippen LogP contribution in [0.2, 0.25) is 0 Å². The molecule has 0 bridgehead atoms. The molecule has 0 aliphatic heterocycles. The van der Waals surface area contributed by atoms with Crippen molar-refractivity contribution in [2.75, 3.05) is 12.3 Å². The second-order valence-electron chi connectivity index (χ2n) is 3.71. The van der Waals surface area contributed by atoms with Crippen LogP contribution in [0.15, 0.2) is 18.5 Å². The SMILES string of the molecule is Cn1cnnc1CCNC(=O)c1ccc(N)nn1. The average molecular weight is 247 g/mol. The fourth-order valence-corrected chi connectivity index (χ4v) is 1.38. The number of hydrogen-bond acceptors (Lipinski definition) is 6. The van der Waals surface area contributed by atoms with Gasteiger partial charge in [0, 0.05) is 20.0 Å². The molecule has 2 rings (SSSR count). The number of hydrogen-bond donors (Lipinski definition) is 2. The number of nitrogen functional groups attached to an aromatic ring is 1. The summed E-state index contributed by atoms with van der Waals surface area (Å²) in [5.74, 6) is 0.800. The predicted octanol–water partition coefficient (Wildman–Crippen LogP) is -0.840. The fraction of sp³-hybridized carbons (Fsp3) is 0.300. The lowest BCUT2D eigenvalue weighted by molar-refractivity contribution is 0.0948. The van der Waals surface area contributed by atoms with E-state index in [1.54, 1.807) is 10.9 Å². The maximum absolute atomic E-state index is 11.7. The zero-order chi connectivity index (χ0) is 13.0. The Balaban J connectivity index is 1.85. The predicted molar refractivity (Wildman–Crippen MR) is 63.5 cm³/mol. The van der Waals surface area contributed by atoms with Crippen molar-refractivity contribution in [3.63, 3.8) is 0 Å². The molecule has 0 radical (unpaired) electrons. The molecule has 0 saturated carbocycles. The third-order valence-electron chi connectivity index (χ3n) is 2.36. The molecule has 0 aliphatic carbocycles. The first-order valence-electron chi connectivity index (χ1n) is 5.37. The summed E-state index contributed by atoms with van der Waals surface area (Å²) in [5.41, 5.74) is 5.62. The number of carbonyl (C=O) groups excluding carboxylic acids is 1. The highest BCUT2D eigenvalue weighted by Crippen LogP contribution is 1.97. The minimum absolute atomic E-state index is 0.238. The lowest BCUT2D eigenvalue weighted by Crippen LogP contribution is -2.27. The number of aromatic nitrogens is 5. The van der Waals surface area contributed by atoms with Gasteiger partial charge in [0.25, 0.3) is 5.91 Å². The highest BCUT2D eigenvalue weighted by atomic mass is 16.1. The third-order valence-corrected chi connectivity index (χ3v) is 2.36. The van der Waals surface area contributed by atoms with E-state index in [4.69, 9.17) is 5.73 Å². The smallest absolute Gasteiger partial charge is 0.271 e. The molecule has 0 spiro atoms. The monoisotopic (exact) mass is 247 g/mol. The zero-order valence-electron chi connectivity index (χ0n) is 9.87. The van der Waals surface area contributed by atoms with Crippen LogP contribution in [0.25, 0.3) is 0 Å². The Kier molecular flexibility index (Phi) is 3.46. The molecule has 0 atom stereocenters. The number of amides is 1. The second kappa shape index (κ2) is 5.21. The summed E-state index contributed by atoms with van der Waals surface area (Å²) in [4.78, 5) is 11.7. The summed E-state index contributed by atoms with van der Waals surface area (Å²) in [7, 11) is 1.85. The first-order chi connectivity index (χ1) is 8.66. The molecule has 0 fully saturated rings. The number of rotatable bonds is 4. The van der Waals surface area contributed by atoms with Crippen molar-refractivity contribution >= 4 is 11.7 Å². The zero-order valence-corrected chi connectivity index (χ0v) is 9.87. The van der Waals surface area contributed by atoms with E-state index in [1.807, 2.05) is 7.05 Å². The van der Waals surface area contributed by atoms with Crippen LogP contribution in [-0.2, 0) is 13.5 Å². The Bertz CT molecular complexity index is 533. The van der Waals surface area contributed by atoms with Crippen molar-refractivity contribution in [1.29, 1.82) is 0 Å². The van der Waals surface area contributed by atoms with Crippen LogP contribution >= 0.6 is 0 Å². The van der Waals surface area contributed by atoms with E-state index in [0.29, 0.717) is 13.0 Å². The summed E-state index contributed by atoms with van der Waals surface area (Å²) in [6.07, 6.45) is 2.22. The van der Waals surface area contributed by atoms with Crippen molar-refractivity contribution in [3.05, 3.63) is 30.0 Å².